The molecule has 0 amide bonds. The quantitative estimate of drug-likeness (QED) is 0.307. The molecule has 146 valence electrons. The average Bonchev–Trinajstić information content (AvgIpc) is 3.08. The lowest BCUT2D eigenvalue weighted by Gasteiger charge is -2.12. The molecular formula is C21H23N3O3S. The van der Waals surface area contributed by atoms with Crippen molar-refractivity contribution in [1.29, 1.82) is 0 Å². The van der Waals surface area contributed by atoms with Gasteiger partial charge in [-0.05, 0) is 25.5 Å². The van der Waals surface area contributed by atoms with Crippen LogP contribution in [-0.2, 0) is 7.05 Å². The molecule has 28 heavy (non-hydrogen) atoms. The van der Waals surface area contributed by atoms with Gasteiger partial charge in [-0.2, -0.15) is 0 Å². The number of hydrogen-bond acceptors (Lipinski definition) is 6. The average molecular weight is 398 g/mol. The van der Waals surface area contributed by atoms with E-state index in [1.165, 1.54) is 5.56 Å². The van der Waals surface area contributed by atoms with Crippen LogP contribution in [0.3, 0.4) is 0 Å². The fourth-order valence-corrected chi connectivity index (χ4v) is 3.56. The molecule has 0 aliphatic carbocycles. The molecule has 3 aromatic rings. The van der Waals surface area contributed by atoms with Crippen LogP contribution in [0.2, 0.25) is 0 Å². The minimum absolute atomic E-state index is 0.483. The van der Waals surface area contributed by atoms with E-state index in [0.29, 0.717) is 23.7 Å². The zero-order chi connectivity index (χ0) is 19.9. The molecule has 0 atom stereocenters. The topological polar surface area (TPSA) is 66.2 Å². The third kappa shape index (κ3) is 4.54. The molecular weight excluding hydrogens is 374 g/mol. The lowest BCUT2D eigenvalue weighted by atomic mass is 10.1. The number of aldehydes is 1. The first kappa shape index (κ1) is 19.9. The van der Waals surface area contributed by atoms with Crippen LogP contribution in [0.5, 0.6) is 11.5 Å². The molecule has 6 nitrogen and oxygen atoms in total. The van der Waals surface area contributed by atoms with E-state index in [-0.39, 0.29) is 0 Å². The highest BCUT2D eigenvalue weighted by atomic mass is 32.2. The number of methoxy groups -OCH3 is 1. The maximum absolute atomic E-state index is 11.2. The SMILES string of the molecule is COc1cccc(C=O)c1OCCCSc1nnc(-c2ccc(C)cc2)n1C. The highest BCUT2D eigenvalue weighted by Crippen LogP contribution is 2.30. The molecule has 0 aliphatic rings. The van der Waals surface area contributed by atoms with E-state index < -0.39 is 0 Å². The van der Waals surface area contributed by atoms with E-state index >= 15 is 0 Å². The third-order valence-electron chi connectivity index (χ3n) is 4.27. The summed E-state index contributed by atoms with van der Waals surface area (Å²) in [5.74, 6) is 2.73. The molecule has 2 aromatic carbocycles. The number of ether oxygens (including phenoxy) is 2. The van der Waals surface area contributed by atoms with E-state index in [2.05, 4.69) is 41.4 Å². The molecule has 3 rings (SSSR count). The van der Waals surface area contributed by atoms with Crippen molar-refractivity contribution in [3.8, 4) is 22.9 Å². The van der Waals surface area contributed by atoms with Crippen molar-refractivity contribution in [2.75, 3.05) is 19.5 Å². The van der Waals surface area contributed by atoms with Crippen LogP contribution in [0.4, 0.5) is 0 Å². The summed E-state index contributed by atoms with van der Waals surface area (Å²) in [6.07, 6.45) is 1.58. The van der Waals surface area contributed by atoms with Gasteiger partial charge in [0.2, 0.25) is 0 Å². The summed E-state index contributed by atoms with van der Waals surface area (Å²) in [6, 6.07) is 13.5. The lowest BCUT2D eigenvalue weighted by molar-refractivity contribution is 0.111. The second kappa shape index (κ2) is 9.41. The Morgan fingerprint density at radius 3 is 2.64 bits per heavy atom. The predicted molar refractivity (Wildman–Crippen MR) is 110 cm³/mol. The minimum Gasteiger partial charge on any atom is -0.493 e. The van der Waals surface area contributed by atoms with Crippen LogP contribution in [0, 0.1) is 6.92 Å². The Labute approximate surface area is 168 Å². The van der Waals surface area contributed by atoms with Crippen LogP contribution in [0.15, 0.2) is 47.6 Å². The first-order valence-corrected chi connectivity index (χ1v) is 9.96. The smallest absolute Gasteiger partial charge is 0.191 e. The Bertz CT molecular complexity index is 939. The number of rotatable bonds is 9. The van der Waals surface area contributed by atoms with E-state index in [0.717, 1.165) is 35.0 Å². The Balaban J connectivity index is 1.54. The van der Waals surface area contributed by atoms with Crippen LogP contribution < -0.4 is 9.47 Å². The fourth-order valence-electron chi connectivity index (χ4n) is 2.73. The number of aryl methyl sites for hydroxylation is 1. The normalized spacial score (nSPS) is 10.7. The van der Waals surface area contributed by atoms with Gasteiger partial charge >= 0.3 is 0 Å². The first-order chi connectivity index (χ1) is 13.6. The third-order valence-corrected chi connectivity index (χ3v) is 5.37. The van der Waals surface area contributed by atoms with Gasteiger partial charge in [-0.3, -0.25) is 4.79 Å². The standard InChI is InChI=1S/C21H23N3O3S/c1-15-8-10-16(11-9-15)20-22-23-21(24(20)2)28-13-5-12-27-19-17(14-25)6-4-7-18(19)26-3/h4,6-11,14H,5,12-13H2,1-3H3. The van der Waals surface area contributed by atoms with Gasteiger partial charge in [0.25, 0.3) is 0 Å². The zero-order valence-corrected chi connectivity index (χ0v) is 17.0. The number of para-hydroxylation sites is 1. The molecule has 0 bridgehead atoms. The fraction of sp³-hybridized carbons (Fsp3) is 0.286. The van der Waals surface area contributed by atoms with Gasteiger partial charge in [0.15, 0.2) is 28.8 Å². The molecule has 0 unspecified atom stereocenters. The molecule has 0 saturated heterocycles. The maximum Gasteiger partial charge on any atom is 0.191 e. The summed E-state index contributed by atoms with van der Waals surface area (Å²) in [6.45, 7) is 2.55. The maximum atomic E-state index is 11.2. The lowest BCUT2D eigenvalue weighted by Crippen LogP contribution is -2.03. The van der Waals surface area contributed by atoms with E-state index in [9.17, 15) is 4.79 Å². The van der Waals surface area contributed by atoms with Crippen molar-refractivity contribution in [3.63, 3.8) is 0 Å². The summed E-state index contributed by atoms with van der Waals surface area (Å²) in [5, 5.41) is 9.47. The molecule has 0 fully saturated rings. The molecule has 7 heteroatoms. The molecule has 0 radical (unpaired) electrons. The van der Waals surface area contributed by atoms with Crippen LogP contribution in [0.1, 0.15) is 22.3 Å². The van der Waals surface area contributed by atoms with Gasteiger partial charge in [-0.15, -0.1) is 10.2 Å². The molecule has 1 heterocycles. The van der Waals surface area contributed by atoms with Gasteiger partial charge in [-0.1, -0.05) is 47.7 Å². The number of carbonyl (C=O) groups is 1. The Morgan fingerprint density at radius 2 is 1.93 bits per heavy atom. The summed E-state index contributed by atoms with van der Waals surface area (Å²) in [5.41, 5.74) is 2.75. The minimum atomic E-state index is 0.483. The van der Waals surface area contributed by atoms with E-state index in [4.69, 9.17) is 9.47 Å². The van der Waals surface area contributed by atoms with Crippen molar-refractivity contribution in [1.82, 2.24) is 14.8 Å². The second-order valence-corrected chi connectivity index (χ2v) is 7.34. The van der Waals surface area contributed by atoms with Gasteiger partial charge in [0.1, 0.15) is 0 Å². The van der Waals surface area contributed by atoms with Gasteiger partial charge in [-0.25, -0.2) is 0 Å². The predicted octanol–water partition coefficient (Wildman–Crippen LogP) is 4.17. The number of hydrogen-bond donors (Lipinski definition) is 0. The first-order valence-electron chi connectivity index (χ1n) is 8.98. The van der Waals surface area contributed by atoms with Crippen molar-refractivity contribution >= 4 is 18.0 Å². The molecule has 1 aromatic heterocycles. The van der Waals surface area contributed by atoms with E-state index in [1.54, 1.807) is 37.1 Å². The van der Waals surface area contributed by atoms with Crippen LogP contribution in [0.25, 0.3) is 11.4 Å². The largest absolute Gasteiger partial charge is 0.493 e. The highest BCUT2D eigenvalue weighted by Gasteiger charge is 2.12. The number of benzene rings is 2. The number of thioether (sulfide) groups is 1. The van der Waals surface area contributed by atoms with Crippen LogP contribution in [-0.4, -0.2) is 40.5 Å². The van der Waals surface area contributed by atoms with Crippen molar-refractivity contribution in [3.05, 3.63) is 53.6 Å². The molecule has 0 aliphatic heterocycles. The Kier molecular flexibility index (Phi) is 6.71. The van der Waals surface area contributed by atoms with Gasteiger partial charge in [0.05, 0.1) is 19.3 Å². The summed E-state index contributed by atoms with van der Waals surface area (Å²) >= 11 is 1.63. The number of aromatic nitrogens is 3. The number of carbonyl (C=O) groups excluding carboxylic acids is 1. The molecule has 0 saturated carbocycles. The van der Waals surface area contributed by atoms with Gasteiger partial charge in [0, 0.05) is 18.4 Å². The monoisotopic (exact) mass is 397 g/mol. The summed E-state index contributed by atoms with van der Waals surface area (Å²) in [4.78, 5) is 11.2. The van der Waals surface area contributed by atoms with Gasteiger partial charge < -0.3 is 14.0 Å². The number of nitrogens with zero attached hydrogens (tertiary/aromatic N) is 3. The Morgan fingerprint density at radius 1 is 1.14 bits per heavy atom. The summed E-state index contributed by atoms with van der Waals surface area (Å²) in [7, 11) is 3.53. The zero-order valence-electron chi connectivity index (χ0n) is 16.2. The van der Waals surface area contributed by atoms with Crippen molar-refractivity contribution < 1.29 is 14.3 Å². The summed E-state index contributed by atoms with van der Waals surface area (Å²) < 4.78 is 13.1. The van der Waals surface area contributed by atoms with Crippen molar-refractivity contribution in [2.45, 2.75) is 18.5 Å². The molecule has 0 N–H and O–H groups in total. The Hall–Kier alpha value is -2.80. The van der Waals surface area contributed by atoms with E-state index in [1.807, 2.05) is 11.6 Å². The highest BCUT2D eigenvalue weighted by molar-refractivity contribution is 7.99. The molecule has 0 spiro atoms. The second-order valence-electron chi connectivity index (χ2n) is 6.28. The van der Waals surface area contributed by atoms with Crippen molar-refractivity contribution in [2.24, 2.45) is 7.05 Å². The van der Waals surface area contributed by atoms with Crippen LogP contribution >= 0.6 is 11.8 Å².